The number of nitrogens with one attached hydrogen (secondary N) is 1. The predicted octanol–water partition coefficient (Wildman–Crippen LogP) is 0.536. The molecule has 0 aliphatic rings. The van der Waals surface area contributed by atoms with Crippen molar-refractivity contribution < 1.29 is 5.11 Å². The van der Waals surface area contributed by atoms with Gasteiger partial charge in [0.15, 0.2) is 0 Å². The van der Waals surface area contributed by atoms with Crippen molar-refractivity contribution in [3.63, 3.8) is 0 Å². The van der Waals surface area contributed by atoms with Gasteiger partial charge in [-0.3, -0.25) is 0 Å². The van der Waals surface area contributed by atoms with Crippen molar-refractivity contribution >= 4 is 23.5 Å². The van der Waals surface area contributed by atoms with E-state index in [4.69, 9.17) is 22.4 Å². The standard InChI is InChI=1S/C8H14ClN5O/c1-4(2)5(3-15)11-8-13-6(9)12-7(10)14-8/h4-5,15H,3H2,1-2H3,(H3,10,11,12,13,14). The van der Waals surface area contributed by atoms with Gasteiger partial charge in [-0.15, -0.1) is 0 Å². The average molecular weight is 232 g/mol. The van der Waals surface area contributed by atoms with Crippen molar-refractivity contribution in [2.75, 3.05) is 17.7 Å². The molecule has 7 heteroatoms. The van der Waals surface area contributed by atoms with E-state index in [1.54, 1.807) is 0 Å². The molecule has 4 N–H and O–H groups in total. The van der Waals surface area contributed by atoms with Gasteiger partial charge < -0.3 is 16.2 Å². The van der Waals surface area contributed by atoms with Crippen LogP contribution in [0.2, 0.25) is 5.28 Å². The molecule has 0 aromatic carbocycles. The lowest BCUT2D eigenvalue weighted by atomic mass is 10.1. The lowest BCUT2D eigenvalue weighted by molar-refractivity contribution is 0.248. The summed E-state index contributed by atoms with van der Waals surface area (Å²) in [6.07, 6.45) is 0. The number of anilines is 2. The van der Waals surface area contributed by atoms with Crippen molar-refractivity contribution in [3.8, 4) is 0 Å². The van der Waals surface area contributed by atoms with Crippen LogP contribution in [0.3, 0.4) is 0 Å². The highest BCUT2D eigenvalue weighted by atomic mass is 35.5. The normalized spacial score (nSPS) is 12.9. The van der Waals surface area contributed by atoms with Crippen LogP contribution in [0.15, 0.2) is 0 Å². The molecule has 0 saturated carbocycles. The Kier molecular flexibility index (Phi) is 4.05. The van der Waals surface area contributed by atoms with E-state index >= 15 is 0 Å². The first-order valence-corrected chi connectivity index (χ1v) is 4.95. The minimum absolute atomic E-state index is 0.0130. The number of aliphatic hydroxyl groups excluding tert-OH is 1. The van der Waals surface area contributed by atoms with Crippen LogP contribution in [0, 0.1) is 5.92 Å². The fourth-order valence-corrected chi connectivity index (χ4v) is 1.19. The number of hydrogen-bond acceptors (Lipinski definition) is 6. The third-order valence-corrected chi connectivity index (χ3v) is 2.11. The highest BCUT2D eigenvalue weighted by Crippen LogP contribution is 2.11. The number of nitrogens with zero attached hydrogens (tertiary/aromatic N) is 3. The molecule has 1 aromatic heterocycles. The first-order valence-electron chi connectivity index (χ1n) is 4.57. The Morgan fingerprint density at radius 2 is 2.07 bits per heavy atom. The second kappa shape index (κ2) is 5.09. The van der Waals surface area contributed by atoms with Crippen molar-refractivity contribution in [2.45, 2.75) is 19.9 Å². The Bertz CT molecular complexity index is 313. The summed E-state index contributed by atoms with van der Waals surface area (Å²) in [7, 11) is 0. The van der Waals surface area contributed by atoms with Crippen LogP contribution in [-0.2, 0) is 0 Å². The summed E-state index contributed by atoms with van der Waals surface area (Å²) in [6.45, 7) is 3.93. The number of nitrogens with two attached hydrogens (primary N) is 1. The summed E-state index contributed by atoms with van der Waals surface area (Å²) in [4.78, 5) is 11.3. The second-order valence-electron chi connectivity index (χ2n) is 3.46. The average Bonchev–Trinajstić information content (AvgIpc) is 2.12. The minimum Gasteiger partial charge on any atom is -0.394 e. The number of aromatic nitrogens is 3. The van der Waals surface area contributed by atoms with Gasteiger partial charge in [0.25, 0.3) is 0 Å². The monoisotopic (exact) mass is 231 g/mol. The third-order valence-electron chi connectivity index (χ3n) is 1.94. The zero-order chi connectivity index (χ0) is 11.4. The van der Waals surface area contributed by atoms with Crippen LogP contribution in [0.25, 0.3) is 0 Å². The van der Waals surface area contributed by atoms with E-state index in [-0.39, 0.29) is 35.7 Å². The summed E-state index contributed by atoms with van der Waals surface area (Å²) in [5.41, 5.74) is 5.40. The Hall–Kier alpha value is -1.14. The molecule has 1 unspecified atom stereocenters. The summed E-state index contributed by atoms with van der Waals surface area (Å²) in [5.74, 6) is 0.574. The fraction of sp³-hybridized carbons (Fsp3) is 0.625. The first kappa shape index (κ1) is 11.9. The third kappa shape index (κ3) is 3.49. The lowest BCUT2D eigenvalue weighted by Gasteiger charge is -2.19. The van der Waals surface area contributed by atoms with E-state index in [1.807, 2.05) is 13.8 Å². The van der Waals surface area contributed by atoms with Crippen LogP contribution in [0.4, 0.5) is 11.9 Å². The van der Waals surface area contributed by atoms with Gasteiger partial charge in [0.2, 0.25) is 17.2 Å². The number of halogens is 1. The maximum absolute atomic E-state index is 9.10. The lowest BCUT2D eigenvalue weighted by Crippen LogP contribution is -2.30. The van der Waals surface area contributed by atoms with Crippen LogP contribution in [0.1, 0.15) is 13.8 Å². The zero-order valence-electron chi connectivity index (χ0n) is 8.61. The molecule has 0 spiro atoms. The highest BCUT2D eigenvalue weighted by Gasteiger charge is 2.13. The van der Waals surface area contributed by atoms with Gasteiger partial charge in [-0.1, -0.05) is 13.8 Å². The minimum atomic E-state index is -0.136. The van der Waals surface area contributed by atoms with E-state index in [0.717, 1.165) is 0 Å². The molecule has 1 atom stereocenters. The van der Waals surface area contributed by atoms with Crippen LogP contribution >= 0.6 is 11.6 Å². The summed E-state index contributed by atoms with van der Waals surface area (Å²) in [5, 5.41) is 12.1. The van der Waals surface area contributed by atoms with Crippen molar-refractivity contribution in [1.82, 2.24) is 15.0 Å². The smallest absolute Gasteiger partial charge is 0.229 e. The molecule has 0 aliphatic heterocycles. The maximum atomic E-state index is 9.10. The molecule has 0 bridgehead atoms. The predicted molar refractivity (Wildman–Crippen MR) is 58.6 cm³/mol. The number of hydrogen-bond donors (Lipinski definition) is 3. The number of rotatable bonds is 4. The summed E-state index contributed by atoms with van der Waals surface area (Å²) < 4.78 is 0. The van der Waals surface area contributed by atoms with Crippen LogP contribution < -0.4 is 11.1 Å². The molecule has 6 nitrogen and oxygen atoms in total. The summed E-state index contributed by atoms with van der Waals surface area (Å²) >= 11 is 5.61. The Morgan fingerprint density at radius 3 is 2.53 bits per heavy atom. The summed E-state index contributed by atoms with van der Waals surface area (Å²) in [6, 6.07) is -0.136. The van der Waals surface area contributed by atoms with Crippen molar-refractivity contribution in [1.29, 1.82) is 0 Å². The van der Waals surface area contributed by atoms with E-state index in [1.165, 1.54) is 0 Å². The number of aliphatic hydroxyl groups is 1. The SMILES string of the molecule is CC(C)C(CO)Nc1nc(N)nc(Cl)n1. The Balaban J connectivity index is 2.79. The van der Waals surface area contributed by atoms with Gasteiger partial charge in [-0.05, 0) is 17.5 Å². The molecule has 15 heavy (non-hydrogen) atoms. The molecule has 0 aliphatic carbocycles. The van der Waals surface area contributed by atoms with Gasteiger partial charge in [0, 0.05) is 0 Å². The molecule has 84 valence electrons. The molecular formula is C8H14ClN5O. The fourth-order valence-electron chi connectivity index (χ4n) is 1.02. The van der Waals surface area contributed by atoms with Gasteiger partial charge in [-0.2, -0.15) is 15.0 Å². The molecule has 1 aromatic rings. The number of nitrogen functional groups attached to an aromatic ring is 1. The second-order valence-corrected chi connectivity index (χ2v) is 3.80. The molecule has 0 radical (unpaired) electrons. The van der Waals surface area contributed by atoms with Gasteiger partial charge in [0.05, 0.1) is 12.6 Å². The molecular weight excluding hydrogens is 218 g/mol. The zero-order valence-corrected chi connectivity index (χ0v) is 9.36. The van der Waals surface area contributed by atoms with Gasteiger partial charge in [0.1, 0.15) is 0 Å². The maximum Gasteiger partial charge on any atom is 0.229 e. The largest absolute Gasteiger partial charge is 0.394 e. The first-order chi connectivity index (χ1) is 7.02. The quantitative estimate of drug-likeness (QED) is 0.700. The topological polar surface area (TPSA) is 97.0 Å². The van der Waals surface area contributed by atoms with Crippen molar-refractivity contribution in [2.24, 2.45) is 5.92 Å². The van der Waals surface area contributed by atoms with Crippen molar-refractivity contribution in [3.05, 3.63) is 5.28 Å². The molecule has 0 saturated heterocycles. The van der Waals surface area contributed by atoms with E-state index in [9.17, 15) is 0 Å². The van der Waals surface area contributed by atoms with Crippen LogP contribution in [-0.4, -0.2) is 32.7 Å². The molecule has 1 rings (SSSR count). The molecule has 0 fully saturated rings. The molecule has 1 heterocycles. The van der Waals surface area contributed by atoms with Crippen LogP contribution in [0.5, 0.6) is 0 Å². The molecule has 0 amide bonds. The van der Waals surface area contributed by atoms with Gasteiger partial charge >= 0.3 is 0 Å². The highest BCUT2D eigenvalue weighted by molar-refractivity contribution is 6.28. The van der Waals surface area contributed by atoms with E-state index in [0.29, 0.717) is 0 Å². The van der Waals surface area contributed by atoms with E-state index < -0.39 is 0 Å². The van der Waals surface area contributed by atoms with Gasteiger partial charge in [-0.25, -0.2) is 0 Å². The Labute approximate surface area is 92.9 Å². The Morgan fingerprint density at radius 1 is 1.40 bits per heavy atom. The van der Waals surface area contributed by atoms with E-state index in [2.05, 4.69) is 20.3 Å².